The van der Waals surface area contributed by atoms with E-state index < -0.39 is 0 Å². The Balaban J connectivity index is 1.76. The number of nitrogens with one attached hydrogen (secondary N) is 2. The number of rotatable bonds is 11. The molecule has 0 bridgehead atoms. The van der Waals surface area contributed by atoms with Gasteiger partial charge in [0.15, 0.2) is 11.5 Å². The van der Waals surface area contributed by atoms with Gasteiger partial charge in [-0.1, -0.05) is 29.3 Å². The number of carbonyl (C=O) groups excluding carboxylic acids is 1. The van der Waals surface area contributed by atoms with Crippen LogP contribution < -0.4 is 28.1 Å². The van der Waals surface area contributed by atoms with Crippen molar-refractivity contribution in [2.45, 2.75) is 12.8 Å². The Morgan fingerprint density at radius 1 is 1.03 bits per heavy atom. The molecular formula is C24H25Cl2IN4O5. The highest BCUT2D eigenvalue weighted by atomic mass is 127. The number of methoxy groups -OCH3 is 3. The first-order valence-electron chi connectivity index (χ1n) is 10.6. The Bertz CT molecular complexity index is 1210. The number of anilines is 4. The molecule has 12 heteroatoms. The number of pyridine rings is 1. The predicted octanol–water partition coefficient (Wildman–Crippen LogP) is 6.45. The molecule has 0 spiro atoms. The molecule has 2 N–H and O–H groups in total. The molecule has 0 atom stereocenters. The number of hydrogen-bond acceptors (Lipinski definition) is 8. The molecule has 0 aliphatic heterocycles. The third kappa shape index (κ3) is 6.75. The van der Waals surface area contributed by atoms with Gasteiger partial charge in [0, 0.05) is 30.4 Å². The highest BCUT2D eigenvalue weighted by molar-refractivity contribution is 14.1. The van der Waals surface area contributed by atoms with E-state index in [1.165, 1.54) is 10.4 Å². The van der Waals surface area contributed by atoms with Crippen LogP contribution in [0.4, 0.5) is 22.9 Å². The van der Waals surface area contributed by atoms with Crippen molar-refractivity contribution in [3.63, 3.8) is 0 Å². The summed E-state index contributed by atoms with van der Waals surface area (Å²) in [7, 11) is 6.15. The van der Waals surface area contributed by atoms with Gasteiger partial charge in [-0.05, 0) is 30.2 Å². The van der Waals surface area contributed by atoms with E-state index in [4.69, 9.17) is 42.3 Å². The van der Waals surface area contributed by atoms with Crippen molar-refractivity contribution in [2.24, 2.45) is 0 Å². The van der Waals surface area contributed by atoms with Crippen molar-refractivity contribution < 1.29 is 23.8 Å². The second-order valence-electron chi connectivity index (χ2n) is 7.31. The predicted molar refractivity (Wildman–Crippen MR) is 151 cm³/mol. The Labute approximate surface area is 233 Å². The average molecular weight is 647 g/mol. The quantitative estimate of drug-likeness (QED) is 0.140. The molecular weight excluding hydrogens is 622 g/mol. The van der Waals surface area contributed by atoms with Crippen LogP contribution in [-0.2, 0) is 16.1 Å². The number of carbonyl (C=O) groups is 1. The maximum Gasteiger partial charge on any atom is 0.224 e. The van der Waals surface area contributed by atoms with Crippen LogP contribution in [-0.4, -0.2) is 39.3 Å². The normalized spacial score (nSPS) is 10.5. The van der Waals surface area contributed by atoms with Gasteiger partial charge in [-0.15, -0.1) is 0 Å². The molecule has 1 aromatic heterocycles. The molecule has 0 radical (unpaired) electrons. The van der Waals surface area contributed by atoms with Gasteiger partial charge >= 0.3 is 0 Å². The topological polar surface area (TPSA) is 94.2 Å². The average Bonchev–Trinajstić information content (AvgIpc) is 2.88. The molecule has 0 saturated carbocycles. The summed E-state index contributed by atoms with van der Waals surface area (Å²) in [6, 6.07) is 10.5. The molecule has 36 heavy (non-hydrogen) atoms. The van der Waals surface area contributed by atoms with E-state index in [9.17, 15) is 4.79 Å². The zero-order chi connectivity index (χ0) is 26.2. The van der Waals surface area contributed by atoms with E-state index in [0.29, 0.717) is 56.6 Å². The molecule has 0 aliphatic carbocycles. The van der Waals surface area contributed by atoms with Crippen LogP contribution in [0.15, 0.2) is 42.6 Å². The van der Waals surface area contributed by atoms with Crippen molar-refractivity contribution in [1.29, 1.82) is 0 Å². The second kappa shape index (κ2) is 13.0. The minimum absolute atomic E-state index is 0.198. The number of nitrogens with zero attached hydrogens (tertiary/aromatic N) is 2. The first kappa shape index (κ1) is 27.9. The van der Waals surface area contributed by atoms with Gasteiger partial charge in [0.1, 0.15) is 11.5 Å². The molecule has 0 unspecified atom stereocenters. The molecule has 192 valence electrons. The summed E-state index contributed by atoms with van der Waals surface area (Å²) in [5, 5.41) is 6.83. The van der Waals surface area contributed by atoms with Crippen LogP contribution >= 0.6 is 46.1 Å². The molecule has 2 aromatic carbocycles. The lowest BCUT2D eigenvalue weighted by molar-refractivity contribution is -0.116. The maximum atomic E-state index is 12.8. The fourth-order valence-electron chi connectivity index (χ4n) is 3.38. The third-order valence-electron chi connectivity index (χ3n) is 5.10. The summed E-state index contributed by atoms with van der Waals surface area (Å²) in [4.78, 5) is 22.5. The lowest BCUT2D eigenvalue weighted by Gasteiger charge is -2.19. The second-order valence-corrected chi connectivity index (χ2v) is 9.00. The van der Waals surface area contributed by atoms with Gasteiger partial charge in [-0.3, -0.25) is 9.63 Å². The monoisotopic (exact) mass is 646 g/mol. The zero-order valence-electron chi connectivity index (χ0n) is 20.0. The Hall–Kier alpha value is -2.67. The molecule has 9 nitrogen and oxygen atoms in total. The molecule has 0 fully saturated rings. The smallest absolute Gasteiger partial charge is 0.224 e. The number of halogens is 3. The fourth-order valence-corrected chi connectivity index (χ4v) is 4.10. The van der Waals surface area contributed by atoms with E-state index in [1.807, 2.05) is 35.0 Å². The van der Waals surface area contributed by atoms with Gasteiger partial charge in [-0.25, -0.2) is 4.98 Å². The van der Waals surface area contributed by atoms with Gasteiger partial charge in [0.25, 0.3) is 0 Å². The molecule has 0 saturated heterocycles. The highest BCUT2D eigenvalue weighted by Crippen LogP contribution is 2.41. The highest BCUT2D eigenvalue weighted by Gasteiger charge is 2.17. The van der Waals surface area contributed by atoms with Gasteiger partial charge in [0.05, 0.1) is 67.0 Å². The van der Waals surface area contributed by atoms with E-state index in [2.05, 4.69) is 15.6 Å². The van der Waals surface area contributed by atoms with Crippen molar-refractivity contribution in [1.82, 2.24) is 4.98 Å². The standard InChI is InChI=1S/C24H25Cl2IN4O5/c1-33-20-10-15(11-21(34-2)23(20)35-3)29-24-14(6-5-9-28-24)7-8-22(32)30-18-12-16(25)17(26)13-19(18)31(27)36-4/h5-6,9-13H,7-8H2,1-4H3,(H,28,29)(H,30,32). The van der Waals surface area contributed by atoms with Gasteiger partial charge in [-0.2, -0.15) is 3.28 Å². The van der Waals surface area contributed by atoms with E-state index in [-0.39, 0.29) is 12.3 Å². The Kier molecular flexibility index (Phi) is 10.1. The summed E-state index contributed by atoms with van der Waals surface area (Å²) in [5.41, 5.74) is 2.58. The number of aromatic nitrogens is 1. The summed E-state index contributed by atoms with van der Waals surface area (Å²) in [6.07, 6.45) is 2.30. The molecule has 1 heterocycles. The van der Waals surface area contributed by atoms with Crippen molar-refractivity contribution in [3.8, 4) is 17.2 Å². The zero-order valence-corrected chi connectivity index (χ0v) is 23.7. The minimum Gasteiger partial charge on any atom is -0.493 e. The lowest BCUT2D eigenvalue weighted by Crippen LogP contribution is -2.16. The summed E-state index contributed by atoms with van der Waals surface area (Å²) in [5.74, 6) is 1.90. The Morgan fingerprint density at radius 3 is 2.31 bits per heavy atom. The largest absolute Gasteiger partial charge is 0.493 e. The van der Waals surface area contributed by atoms with Crippen LogP contribution in [0.25, 0.3) is 0 Å². The van der Waals surface area contributed by atoms with Crippen molar-refractivity contribution >= 4 is 74.9 Å². The summed E-state index contributed by atoms with van der Waals surface area (Å²) >= 11 is 14.2. The summed E-state index contributed by atoms with van der Waals surface area (Å²) in [6.45, 7) is 0. The Morgan fingerprint density at radius 2 is 1.69 bits per heavy atom. The molecule has 0 aliphatic rings. The fraction of sp³-hybridized carbons (Fsp3) is 0.250. The van der Waals surface area contributed by atoms with Crippen LogP contribution in [0.3, 0.4) is 0 Å². The first-order valence-corrected chi connectivity index (χ1v) is 12.3. The van der Waals surface area contributed by atoms with Crippen LogP contribution in [0.5, 0.6) is 17.2 Å². The number of hydrogen-bond donors (Lipinski definition) is 2. The van der Waals surface area contributed by atoms with Crippen molar-refractivity contribution in [2.75, 3.05) is 42.3 Å². The van der Waals surface area contributed by atoms with E-state index >= 15 is 0 Å². The van der Waals surface area contributed by atoms with Gasteiger partial charge in [0.2, 0.25) is 11.7 Å². The maximum absolute atomic E-state index is 12.8. The summed E-state index contributed by atoms with van der Waals surface area (Å²) < 4.78 is 17.7. The number of ether oxygens (including phenoxy) is 3. The third-order valence-corrected chi connectivity index (χ3v) is 6.74. The molecule has 3 rings (SSSR count). The minimum atomic E-state index is -0.210. The van der Waals surface area contributed by atoms with Crippen molar-refractivity contribution in [3.05, 3.63) is 58.2 Å². The number of amides is 1. The molecule has 3 aromatic rings. The van der Waals surface area contributed by atoms with Crippen LogP contribution in [0.1, 0.15) is 12.0 Å². The molecule has 1 amide bonds. The van der Waals surface area contributed by atoms with Crippen LogP contribution in [0, 0.1) is 0 Å². The van der Waals surface area contributed by atoms with E-state index in [0.717, 1.165) is 5.56 Å². The number of aryl methyl sites for hydroxylation is 1. The van der Waals surface area contributed by atoms with Gasteiger partial charge < -0.3 is 24.8 Å². The lowest BCUT2D eigenvalue weighted by atomic mass is 10.1. The van der Waals surface area contributed by atoms with Crippen LogP contribution in [0.2, 0.25) is 10.0 Å². The van der Waals surface area contributed by atoms with E-state index in [1.54, 1.807) is 51.8 Å². The SMILES string of the molecule is COc1cc(Nc2ncccc2CCC(=O)Nc2cc(Cl)c(Cl)cc2N(I)OC)cc(OC)c1OC. The number of benzene rings is 2. The first-order chi connectivity index (χ1) is 17.3.